The van der Waals surface area contributed by atoms with Gasteiger partial charge in [0, 0.05) is 0 Å². The van der Waals surface area contributed by atoms with E-state index in [1.165, 1.54) is 0 Å². The lowest BCUT2D eigenvalue weighted by atomic mass is 10.0. The smallest absolute Gasteiger partial charge is 0.410 e. The van der Waals surface area contributed by atoms with Crippen molar-refractivity contribution in [3.8, 4) is 0 Å². The third-order valence-electron chi connectivity index (χ3n) is 4.28. The summed E-state index contributed by atoms with van der Waals surface area (Å²) in [5, 5.41) is 10.0. The fraction of sp³-hybridized carbons (Fsp3) is 0.933. The summed E-state index contributed by atoms with van der Waals surface area (Å²) < 4.78 is 11.5. The van der Waals surface area contributed by atoms with Gasteiger partial charge in [-0.05, 0) is 38.9 Å². The summed E-state index contributed by atoms with van der Waals surface area (Å²) in [6.07, 6.45) is -0.904. The second-order valence-electron chi connectivity index (χ2n) is 8.34. The second-order valence-corrected chi connectivity index (χ2v) is 13.1. The minimum absolute atomic E-state index is 0.110. The first kappa shape index (κ1) is 18.5. The first-order valence-corrected chi connectivity index (χ1v) is 10.5. The molecule has 1 saturated heterocycles. The number of ether oxygens (including phenoxy) is 1. The standard InChI is InChI=1S/C15H31NO4Si/c1-14(2,3)20-13(18)16-9-12(17)11(16)10-19-21(7,8)15(4,5)6/h11-12,17H,9-10H2,1-8H3/t11-,12+/m1/s1. The van der Waals surface area contributed by atoms with Crippen LogP contribution in [0.2, 0.25) is 18.1 Å². The van der Waals surface area contributed by atoms with Crippen molar-refractivity contribution < 1.29 is 19.1 Å². The molecule has 1 aliphatic heterocycles. The highest BCUT2D eigenvalue weighted by molar-refractivity contribution is 6.74. The maximum atomic E-state index is 12.1. The minimum Gasteiger partial charge on any atom is -0.444 e. The van der Waals surface area contributed by atoms with Crippen molar-refractivity contribution in [1.29, 1.82) is 0 Å². The Morgan fingerprint density at radius 1 is 1.24 bits per heavy atom. The van der Waals surface area contributed by atoms with Crippen LogP contribution in [0.3, 0.4) is 0 Å². The van der Waals surface area contributed by atoms with E-state index in [1.54, 1.807) is 4.90 Å². The molecule has 1 fully saturated rings. The van der Waals surface area contributed by atoms with Crippen molar-refractivity contribution in [2.75, 3.05) is 13.2 Å². The zero-order valence-corrected chi connectivity index (χ0v) is 15.7. The van der Waals surface area contributed by atoms with E-state index in [9.17, 15) is 9.90 Å². The van der Waals surface area contributed by atoms with Gasteiger partial charge in [0.25, 0.3) is 0 Å². The van der Waals surface area contributed by atoms with E-state index in [4.69, 9.17) is 9.16 Å². The van der Waals surface area contributed by atoms with Crippen LogP contribution in [-0.4, -0.2) is 55.3 Å². The molecule has 6 heteroatoms. The van der Waals surface area contributed by atoms with E-state index in [2.05, 4.69) is 33.9 Å². The molecule has 5 nitrogen and oxygen atoms in total. The Morgan fingerprint density at radius 2 is 1.76 bits per heavy atom. The molecule has 0 aromatic carbocycles. The second kappa shape index (κ2) is 5.89. The Labute approximate surface area is 129 Å². The monoisotopic (exact) mass is 317 g/mol. The molecule has 0 unspecified atom stereocenters. The van der Waals surface area contributed by atoms with E-state index < -0.39 is 20.0 Å². The summed E-state index contributed by atoms with van der Waals surface area (Å²) in [5.74, 6) is 0. The van der Waals surface area contributed by atoms with Crippen LogP contribution in [0.5, 0.6) is 0 Å². The Morgan fingerprint density at radius 3 is 2.14 bits per heavy atom. The fourth-order valence-electron chi connectivity index (χ4n) is 1.77. The number of hydrogen-bond donors (Lipinski definition) is 1. The number of amides is 1. The van der Waals surface area contributed by atoms with Crippen molar-refractivity contribution in [3.63, 3.8) is 0 Å². The average Bonchev–Trinajstić information content (AvgIpc) is 2.21. The Balaban J connectivity index is 2.60. The van der Waals surface area contributed by atoms with Crippen LogP contribution in [0, 0.1) is 0 Å². The molecule has 0 saturated carbocycles. The molecule has 2 atom stereocenters. The van der Waals surface area contributed by atoms with Crippen LogP contribution in [-0.2, 0) is 9.16 Å². The topological polar surface area (TPSA) is 59.0 Å². The summed E-state index contributed by atoms with van der Waals surface area (Å²) in [7, 11) is -1.88. The molecule has 0 bridgehead atoms. The SMILES string of the molecule is CC(C)(C)OC(=O)N1C[C@H](O)[C@H]1CO[Si](C)(C)C(C)(C)C. The van der Waals surface area contributed by atoms with E-state index in [1.807, 2.05) is 20.8 Å². The Bertz CT molecular complexity index is 384. The van der Waals surface area contributed by atoms with Gasteiger partial charge in [-0.25, -0.2) is 4.79 Å². The van der Waals surface area contributed by atoms with Gasteiger partial charge in [-0.3, -0.25) is 4.90 Å². The molecule has 1 rings (SSSR count). The highest BCUT2D eigenvalue weighted by Crippen LogP contribution is 2.37. The molecule has 1 aliphatic rings. The molecule has 21 heavy (non-hydrogen) atoms. The van der Waals surface area contributed by atoms with E-state index in [0.29, 0.717) is 13.2 Å². The highest BCUT2D eigenvalue weighted by atomic mass is 28.4. The van der Waals surface area contributed by atoms with Gasteiger partial charge in [-0.1, -0.05) is 20.8 Å². The summed E-state index contributed by atoms with van der Waals surface area (Å²) >= 11 is 0. The van der Waals surface area contributed by atoms with Gasteiger partial charge in [-0.2, -0.15) is 0 Å². The van der Waals surface area contributed by atoms with Crippen LogP contribution >= 0.6 is 0 Å². The molecule has 124 valence electrons. The molecule has 0 radical (unpaired) electrons. The third-order valence-corrected chi connectivity index (χ3v) is 8.78. The van der Waals surface area contributed by atoms with Gasteiger partial charge >= 0.3 is 6.09 Å². The molecule has 0 aromatic heterocycles. The molecule has 0 aromatic rings. The number of carbonyl (C=O) groups excluding carboxylic acids is 1. The minimum atomic E-state index is -1.88. The van der Waals surface area contributed by atoms with E-state index >= 15 is 0 Å². The maximum Gasteiger partial charge on any atom is 0.410 e. The van der Waals surface area contributed by atoms with Crippen molar-refractivity contribution >= 4 is 14.4 Å². The zero-order chi connectivity index (χ0) is 16.6. The summed E-state index contributed by atoms with van der Waals surface area (Å²) in [6.45, 7) is 17.0. The quantitative estimate of drug-likeness (QED) is 0.813. The fourth-order valence-corrected chi connectivity index (χ4v) is 2.79. The van der Waals surface area contributed by atoms with Gasteiger partial charge in [0.2, 0.25) is 0 Å². The molecule has 0 spiro atoms. The van der Waals surface area contributed by atoms with E-state index in [0.717, 1.165) is 0 Å². The van der Waals surface area contributed by atoms with Crippen molar-refractivity contribution in [1.82, 2.24) is 4.90 Å². The number of rotatable bonds is 3. The van der Waals surface area contributed by atoms with Crippen molar-refractivity contribution in [2.45, 2.75) is 77.4 Å². The number of β-amino-alcohol motifs (C(OH)–C–C–N with tert-alkyl or cyclic N) is 1. The average molecular weight is 318 g/mol. The molecule has 1 N–H and O–H groups in total. The largest absolute Gasteiger partial charge is 0.444 e. The zero-order valence-electron chi connectivity index (χ0n) is 14.7. The van der Waals surface area contributed by atoms with Gasteiger partial charge in [-0.15, -0.1) is 0 Å². The normalized spacial score (nSPS) is 23.8. The molecular weight excluding hydrogens is 286 g/mol. The molecular formula is C15H31NO4Si. The van der Waals surface area contributed by atoms with Crippen molar-refractivity contribution in [2.24, 2.45) is 0 Å². The first-order chi connectivity index (χ1) is 9.24. The van der Waals surface area contributed by atoms with E-state index in [-0.39, 0.29) is 17.2 Å². The maximum absolute atomic E-state index is 12.1. The third kappa shape index (κ3) is 4.69. The molecule has 0 aliphatic carbocycles. The predicted octanol–water partition coefficient (Wildman–Crippen LogP) is 2.99. The number of likely N-dealkylation sites (tertiary alicyclic amines) is 1. The van der Waals surface area contributed by atoms with Crippen LogP contribution in [0.25, 0.3) is 0 Å². The summed E-state index contributed by atoms with van der Waals surface area (Å²) in [5.41, 5.74) is -0.525. The summed E-state index contributed by atoms with van der Waals surface area (Å²) in [4.78, 5) is 13.6. The number of nitrogens with zero attached hydrogens (tertiary/aromatic N) is 1. The first-order valence-electron chi connectivity index (χ1n) is 7.56. The number of hydrogen-bond acceptors (Lipinski definition) is 4. The highest BCUT2D eigenvalue weighted by Gasteiger charge is 2.45. The lowest BCUT2D eigenvalue weighted by Crippen LogP contribution is -2.65. The van der Waals surface area contributed by atoms with Crippen LogP contribution in [0.1, 0.15) is 41.5 Å². The van der Waals surface area contributed by atoms with Gasteiger partial charge in [0.1, 0.15) is 5.60 Å². The van der Waals surface area contributed by atoms with Crippen molar-refractivity contribution in [3.05, 3.63) is 0 Å². The Hall–Kier alpha value is -0.593. The lowest BCUT2D eigenvalue weighted by Gasteiger charge is -2.47. The number of aliphatic hydroxyl groups is 1. The van der Waals surface area contributed by atoms with Gasteiger partial charge in [0.15, 0.2) is 8.32 Å². The van der Waals surface area contributed by atoms with Crippen LogP contribution < -0.4 is 0 Å². The van der Waals surface area contributed by atoms with Crippen LogP contribution in [0.15, 0.2) is 0 Å². The Kier molecular flexibility index (Phi) is 5.18. The van der Waals surface area contributed by atoms with Crippen LogP contribution in [0.4, 0.5) is 4.79 Å². The summed E-state index contributed by atoms with van der Waals surface area (Å²) in [6, 6.07) is -0.297. The number of aliphatic hydroxyl groups excluding tert-OH is 1. The lowest BCUT2D eigenvalue weighted by molar-refractivity contribution is -0.0840. The predicted molar refractivity (Wildman–Crippen MR) is 85.9 cm³/mol. The number of carbonyl (C=O) groups is 1. The molecule has 1 heterocycles. The van der Waals surface area contributed by atoms with Gasteiger partial charge < -0.3 is 14.3 Å². The molecule has 1 amide bonds. The van der Waals surface area contributed by atoms with Gasteiger partial charge in [0.05, 0.1) is 25.3 Å².